The van der Waals surface area contributed by atoms with Crippen molar-refractivity contribution in [3.8, 4) is 5.75 Å². The van der Waals surface area contributed by atoms with Crippen molar-refractivity contribution in [2.75, 3.05) is 13.9 Å². The van der Waals surface area contributed by atoms with Crippen LogP contribution in [0.25, 0.3) is 0 Å². The van der Waals surface area contributed by atoms with Crippen molar-refractivity contribution in [2.45, 2.75) is 26.7 Å². The van der Waals surface area contributed by atoms with Gasteiger partial charge in [-0.2, -0.15) is 0 Å². The summed E-state index contributed by atoms with van der Waals surface area (Å²) in [6, 6.07) is 7.76. The van der Waals surface area contributed by atoms with Crippen molar-refractivity contribution in [1.82, 2.24) is 0 Å². The van der Waals surface area contributed by atoms with Gasteiger partial charge in [0.15, 0.2) is 6.79 Å². The molecule has 0 radical (unpaired) electrons. The molecule has 0 spiro atoms. The Bertz CT molecular complexity index is 341. The Labute approximate surface area is 103 Å². The molecule has 0 fully saturated rings. The van der Waals surface area contributed by atoms with Gasteiger partial charge in [-0.25, -0.2) is 0 Å². The molecule has 0 aromatic heterocycles. The van der Waals surface area contributed by atoms with E-state index in [1.807, 2.05) is 38.1 Å². The highest BCUT2D eigenvalue weighted by Crippen LogP contribution is 2.14. The maximum atomic E-state index is 11.5. The van der Waals surface area contributed by atoms with E-state index < -0.39 is 0 Å². The molecule has 0 unspecified atom stereocenters. The maximum absolute atomic E-state index is 11.5. The molecule has 0 N–H and O–H groups in total. The van der Waals surface area contributed by atoms with E-state index in [9.17, 15) is 4.79 Å². The summed E-state index contributed by atoms with van der Waals surface area (Å²) in [6.45, 7) is 4.12. The minimum Gasteiger partial charge on any atom is -0.468 e. The highest BCUT2D eigenvalue weighted by atomic mass is 16.7. The summed E-state index contributed by atoms with van der Waals surface area (Å²) < 4.78 is 10.1. The smallest absolute Gasteiger partial charge is 0.188 e. The van der Waals surface area contributed by atoms with E-state index in [0.29, 0.717) is 12.2 Å². The number of benzene rings is 1. The summed E-state index contributed by atoms with van der Waals surface area (Å²) in [5, 5.41) is 0. The van der Waals surface area contributed by atoms with Crippen molar-refractivity contribution < 1.29 is 14.3 Å². The van der Waals surface area contributed by atoms with E-state index in [4.69, 9.17) is 9.47 Å². The lowest BCUT2D eigenvalue weighted by atomic mass is 10.0. The molecule has 17 heavy (non-hydrogen) atoms. The second-order valence-corrected chi connectivity index (χ2v) is 4.32. The largest absolute Gasteiger partial charge is 0.468 e. The third kappa shape index (κ3) is 5.00. The Balaban J connectivity index is 2.42. The van der Waals surface area contributed by atoms with E-state index >= 15 is 0 Å². The zero-order valence-electron chi connectivity index (χ0n) is 10.7. The Kier molecular flexibility index (Phi) is 5.70. The summed E-state index contributed by atoms with van der Waals surface area (Å²) in [6.07, 6.45) is 1.40. The van der Waals surface area contributed by atoms with Gasteiger partial charge >= 0.3 is 0 Å². The van der Waals surface area contributed by atoms with Crippen LogP contribution in [-0.4, -0.2) is 19.7 Å². The molecule has 0 bridgehead atoms. The van der Waals surface area contributed by atoms with Gasteiger partial charge < -0.3 is 9.47 Å². The van der Waals surface area contributed by atoms with Gasteiger partial charge in [-0.15, -0.1) is 0 Å². The number of rotatable bonds is 7. The van der Waals surface area contributed by atoms with Crippen LogP contribution in [0.5, 0.6) is 5.75 Å². The first-order valence-corrected chi connectivity index (χ1v) is 5.87. The first-order valence-electron chi connectivity index (χ1n) is 5.87. The van der Waals surface area contributed by atoms with Crippen LogP contribution in [0.3, 0.4) is 0 Å². The highest BCUT2D eigenvalue weighted by Gasteiger charge is 2.06. The third-order valence-corrected chi connectivity index (χ3v) is 2.57. The van der Waals surface area contributed by atoms with Gasteiger partial charge in [0.25, 0.3) is 0 Å². The van der Waals surface area contributed by atoms with E-state index in [2.05, 4.69) is 0 Å². The molecule has 1 rings (SSSR count). The summed E-state index contributed by atoms with van der Waals surface area (Å²) in [7, 11) is 1.59. The van der Waals surface area contributed by atoms with E-state index in [0.717, 1.165) is 17.7 Å². The van der Waals surface area contributed by atoms with Gasteiger partial charge in [-0.1, -0.05) is 26.0 Å². The van der Waals surface area contributed by atoms with Gasteiger partial charge in [0.2, 0.25) is 0 Å². The molecule has 3 nitrogen and oxygen atoms in total. The van der Waals surface area contributed by atoms with Gasteiger partial charge in [-0.3, -0.25) is 4.79 Å². The molecule has 0 atom stereocenters. The lowest BCUT2D eigenvalue weighted by Crippen LogP contribution is -2.07. The SMILES string of the molecule is COCOc1ccc(CCC(=O)C(C)C)cc1. The molecule has 0 heterocycles. The molecule has 0 saturated carbocycles. The second-order valence-electron chi connectivity index (χ2n) is 4.32. The van der Waals surface area contributed by atoms with Crippen molar-refractivity contribution in [3.05, 3.63) is 29.8 Å². The Morgan fingerprint density at radius 2 is 1.88 bits per heavy atom. The standard InChI is InChI=1S/C14H20O3/c1-11(2)14(15)9-6-12-4-7-13(8-5-12)17-10-16-3/h4-5,7-8,11H,6,9-10H2,1-3H3. The zero-order chi connectivity index (χ0) is 12.7. The molecule has 0 saturated heterocycles. The van der Waals surface area contributed by atoms with E-state index in [-0.39, 0.29) is 12.7 Å². The van der Waals surface area contributed by atoms with Gasteiger partial charge in [-0.05, 0) is 24.1 Å². The van der Waals surface area contributed by atoms with Crippen molar-refractivity contribution >= 4 is 5.78 Å². The Morgan fingerprint density at radius 1 is 1.24 bits per heavy atom. The summed E-state index contributed by atoms with van der Waals surface area (Å²) in [5.74, 6) is 1.22. The molecule has 0 aliphatic carbocycles. The summed E-state index contributed by atoms with van der Waals surface area (Å²) in [5.41, 5.74) is 1.16. The molecule has 0 aliphatic rings. The number of ether oxygens (including phenoxy) is 2. The van der Waals surface area contributed by atoms with Crippen LogP contribution in [0.4, 0.5) is 0 Å². The zero-order valence-corrected chi connectivity index (χ0v) is 10.7. The fourth-order valence-electron chi connectivity index (χ4n) is 1.44. The number of carbonyl (C=O) groups is 1. The topological polar surface area (TPSA) is 35.5 Å². The predicted molar refractivity (Wildman–Crippen MR) is 67.1 cm³/mol. The van der Waals surface area contributed by atoms with Crippen LogP contribution in [0, 0.1) is 5.92 Å². The number of Topliss-reactive ketones (excluding diaryl/α,β-unsaturated/α-hetero) is 1. The number of hydrogen-bond acceptors (Lipinski definition) is 3. The maximum Gasteiger partial charge on any atom is 0.188 e. The third-order valence-electron chi connectivity index (χ3n) is 2.57. The molecular weight excluding hydrogens is 216 g/mol. The average molecular weight is 236 g/mol. The molecule has 1 aromatic carbocycles. The van der Waals surface area contributed by atoms with Crippen LogP contribution in [0.1, 0.15) is 25.8 Å². The number of ketones is 1. The quantitative estimate of drug-likeness (QED) is 0.683. The van der Waals surface area contributed by atoms with Crippen molar-refractivity contribution in [2.24, 2.45) is 5.92 Å². The Hall–Kier alpha value is -1.35. The number of methoxy groups -OCH3 is 1. The Morgan fingerprint density at radius 3 is 2.41 bits per heavy atom. The fourth-order valence-corrected chi connectivity index (χ4v) is 1.44. The first-order chi connectivity index (χ1) is 8.13. The van der Waals surface area contributed by atoms with Gasteiger partial charge in [0.1, 0.15) is 11.5 Å². The fraction of sp³-hybridized carbons (Fsp3) is 0.500. The summed E-state index contributed by atoms with van der Waals surface area (Å²) >= 11 is 0. The molecular formula is C14H20O3. The van der Waals surface area contributed by atoms with Crippen LogP contribution in [-0.2, 0) is 16.0 Å². The number of carbonyl (C=O) groups excluding carboxylic acids is 1. The lowest BCUT2D eigenvalue weighted by Gasteiger charge is -2.06. The number of hydrogen-bond donors (Lipinski definition) is 0. The molecule has 94 valence electrons. The minimum atomic E-state index is 0.124. The van der Waals surface area contributed by atoms with Crippen LogP contribution < -0.4 is 4.74 Å². The highest BCUT2D eigenvalue weighted by molar-refractivity contribution is 5.80. The first kappa shape index (κ1) is 13.7. The van der Waals surface area contributed by atoms with Crippen LogP contribution >= 0.6 is 0 Å². The second kappa shape index (κ2) is 7.07. The van der Waals surface area contributed by atoms with Gasteiger partial charge in [0, 0.05) is 19.4 Å². The van der Waals surface area contributed by atoms with Crippen LogP contribution in [0.15, 0.2) is 24.3 Å². The minimum absolute atomic E-state index is 0.124. The van der Waals surface area contributed by atoms with Crippen molar-refractivity contribution in [1.29, 1.82) is 0 Å². The molecule has 0 amide bonds. The van der Waals surface area contributed by atoms with Crippen LogP contribution in [0.2, 0.25) is 0 Å². The normalized spacial score (nSPS) is 10.6. The van der Waals surface area contributed by atoms with E-state index in [1.54, 1.807) is 7.11 Å². The predicted octanol–water partition coefficient (Wildman–Crippen LogP) is 2.83. The van der Waals surface area contributed by atoms with E-state index in [1.165, 1.54) is 0 Å². The van der Waals surface area contributed by atoms with Crippen molar-refractivity contribution in [3.63, 3.8) is 0 Å². The lowest BCUT2D eigenvalue weighted by molar-refractivity contribution is -0.121. The average Bonchev–Trinajstić information content (AvgIpc) is 2.34. The molecule has 0 aliphatic heterocycles. The molecule has 3 heteroatoms. The number of aryl methyl sites for hydroxylation is 1. The monoisotopic (exact) mass is 236 g/mol. The summed E-state index contributed by atoms with van der Waals surface area (Å²) in [4.78, 5) is 11.5. The molecule has 1 aromatic rings. The van der Waals surface area contributed by atoms with Gasteiger partial charge in [0.05, 0.1) is 0 Å².